The summed E-state index contributed by atoms with van der Waals surface area (Å²) in [6.45, 7) is -0.0682. The highest BCUT2D eigenvalue weighted by atomic mass is 35.5. The van der Waals surface area contributed by atoms with Crippen molar-refractivity contribution in [2.45, 2.75) is 11.4 Å². The Morgan fingerprint density at radius 3 is 2.70 bits per heavy atom. The molecule has 1 N–H and O–H groups in total. The Labute approximate surface area is 120 Å². The Kier molecular flexibility index (Phi) is 4.12. The number of furan rings is 1. The van der Waals surface area contributed by atoms with Gasteiger partial charge in [0.1, 0.15) is 10.7 Å². The lowest BCUT2D eigenvalue weighted by atomic mass is 10.2. The fourth-order valence-corrected chi connectivity index (χ4v) is 3.01. The number of nitrogens with one attached hydrogen (secondary N) is 1. The lowest BCUT2D eigenvalue weighted by Gasteiger charge is -2.10. The topological polar surface area (TPSA) is 99.4 Å². The van der Waals surface area contributed by atoms with Gasteiger partial charge in [0.25, 0.3) is 0 Å². The van der Waals surface area contributed by atoms with Gasteiger partial charge in [-0.05, 0) is 29.8 Å². The first-order valence-corrected chi connectivity index (χ1v) is 7.29. The molecule has 0 fully saturated rings. The van der Waals surface area contributed by atoms with E-state index >= 15 is 0 Å². The quantitative estimate of drug-likeness (QED) is 0.879. The Balaban J connectivity index is 2.28. The van der Waals surface area contributed by atoms with Crippen molar-refractivity contribution < 1.29 is 22.7 Å². The number of sulfonamides is 1. The summed E-state index contributed by atoms with van der Waals surface area (Å²) in [7, 11) is -3.96. The molecule has 0 saturated carbocycles. The molecule has 0 aliphatic rings. The van der Waals surface area contributed by atoms with Crippen molar-refractivity contribution in [2.75, 3.05) is 0 Å². The van der Waals surface area contributed by atoms with Gasteiger partial charge in [-0.2, -0.15) is 0 Å². The summed E-state index contributed by atoms with van der Waals surface area (Å²) in [4.78, 5) is 10.4. The Morgan fingerprint density at radius 1 is 1.35 bits per heavy atom. The van der Waals surface area contributed by atoms with Gasteiger partial charge in [-0.25, -0.2) is 13.1 Å². The molecule has 8 heteroatoms. The molecule has 0 spiro atoms. The first kappa shape index (κ1) is 14.6. The number of carbonyl (C=O) groups is 1. The fourth-order valence-electron chi connectivity index (χ4n) is 1.49. The Hall–Kier alpha value is -1.83. The van der Waals surface area contributed by atoms with Gasteiger partial charge < -0.3 is 14.3 Å². The summed E-state index contributed by atoms with van der Waals surface area (Å²) in [6.07, 6.45) is 1.41. The summed E-state index contributed by atoms with van der Waals surface area (Å²) in [5.41, 5.74) is -0.271. The van der Waals surface area contributed by atoms with Crippen molar-refractivity contribution in [3.8, 4) is 0 Å². The Morgan fingerprint density at radius 2 is 2.10 bits per heavy atom. The Bertz CT molecular complexity index is 724. The van der Waals surface area contributed by atoms with E-state index in [4.69, 9.17) is 16.0 Å². The van der Waals surface area contributed by atoms with Crippen LogP contribution in [0.5, 0.6) is 0 Å². The lowest BCUT2D eigenvalue weighted by Crippen LogP contribution is -2.25. The second-order valence-electron chi connectivity index (χ2n) is 3.84. The van der Waals surface area contributed by atoms with Crippen molar-refractivity contribution in [2.24, 2.45) is 0 Å². The van der Waals surface area contributed by atoms with Gasteiger partial charge in [0.2, 0.25) is 10.0 Å². The van der Waals surface area contributed by atoms with E-state index in [1.165, 1.54) is 18.4 Å². The van der Waals surface area contributed by atoms with E-state index < -0.39 is 16.0 Å². The van der Waals surface area contributed by atoms with Crippen molar-refractivity contribution in [1.82, 2.24) is 4.72 Å². The van der Waals surface area contributed by atoms with Gasteiger partial charge in [-0.3, -0.25) is 0 Å². The average Bonchev–Trinajstić information content (AvgIpc) is 2.89. The highest BCUT2D eigenvalue weighted by molar-refractivity contribution is 7.89. The largest absolute Gasteiger partial charge is 0.545 e. The highest BCUT2D eigenvalue weighted by Gasteiger charge is 2.19. The third kappa shape index (κ3) is 3.19. The van der Waals surface area contributed by atoms with Crippen LogP contribution >= 0.6 is 11.6 Å². The molecule has 0 amide bonds. The van der Waals surface area contributed by atoms with Crippen molar-refractivity contribution >= 4 is 27.6 Å². The summed E-state index contributed by atoms with van der Waals surface area (Å²) >= 11 is 5.79. The maximum Gasteiger partial charge on any atom is 0.242 e. The van der Waals surface area contributed by atoms with Crippen molar-refractivity contribution in [3.05, 3.63) is 52.9 Å². The van der Waals surface area contributed by atoms with Crippen LogP contribution in [0, 0.1) is 0 Å². The maximum absolute atomic E-state index is 12.1. The highest BCUT2D eigenvalue weighted by Crippen LogP contribution is 2.22. The van der Waals surface area contributed by atoms with Crippen molar-refractivity contribution in [3.63, 3.8) is 0 Å². The van der Waals surface area contributed by atoms with Gasteiger partial charge >= 0.3 is 0 Å². The minimum atomic E-state index is -3.96. The molecule has 2 aromatic rings. The molecule has 0 unspecified atom stereocenters. The molecule has 6 nitrogen and oxygen atoms in total. The molecular formula is C12H9ClNO5S-. The van der Waals surface area contributed by atoms with E-state index in [9.17, 15) is 18.3 Å². The minimum absolute atomic E-state index is 0.0682. The average molecular weight is 315 g/mol. The lowest BCUT2D eigenvalue weighted by molar-refractivity contribution is -0.255. The molecule has 0 radical (unpaired) electrons. The summed E-state index contributed by atoms with van der Waals surface area (Å²) in [5.74, 6) is -1.06. The number of hydrogen-bond donors (Lipinski definition) is 1. The summed E-state index contributed by atoms with van der Waals surface area (Å²) in [5, 5.41) is 10.7. The molecule has 0 atom stereocenters. The van der Waals surface area contributed by atoms with Crippen LogP contribution in [0.4, 0.5) is 0 Å². The van der Waals surface area contributed by atoms with Gasteiger partial charge in [-0.15, -0.1) is 0 Å². The number of hydrogen-bond acceptors (Lipinski definition) is 5. The van der Waals surface area contributed by atoms with Crippen LogP contribution < -0.4 is 9.83 Å². The minimum Gasteiger partial charge on any atom is -0.545 e. The van der Waals surface area contributed by atoms with Gasteiger partial charge in [0.15, 0.2) is 0 Å². The normalized spacial score (nSPS) is 11.4. The number of carboxylic acids is 1. The zero-order valence-electron chi connectivity index (χ0n) is 10.00. The number of benzene rings is 1. The molecule has 0 saturated heterocycles. The van der Waals surface area contributed by atoms with E-state index in [0.717, 1.165) is 6.07 Å². The molecule has 2 rings (SSSR count). The zero-order valence-corrected chi connectivity index (χ0v) is 11.6. The number of aromatic carboxylic acids is 1. The monoisotopic (exact) mass is 314 g/mol. The van der Waals surface area contributed by atoms with Crippen LogP contribution in [-0.2, 0) is 16.6 Å². The molecule has 1 heterocycles. The standard InChI is InChI=1S/C12H10ClNO5S/c13-10-4-3-8(12(15)16)6-11(10)20(17,18)14-7-9-2-1-5-19-9/h1-6,14H,7H2,(H,15,16)/p-1. The van der Waals surface area contributed by atoms with E-state index in [2.05, 4.69) is 4.72 Å². The van der Waals surface area contributed by atoms with Crippen LogP contribution in [-0.4, -0.2) is 14.4 Å². The first-order valence-electron chi connectivity index (χ1n) is 5.43. The fraction of sp³-hybridized carbons (Fsp3) is 0.0833. The second kappa shape index (κ2) is 5.66. The predicted octanol–water partition coefficient (Wildman–Crippen LogP) is 0.775. The van der Waals surface area contributed by atoms with Crippen LogP contribution in [0.3, 0.4) is 0 Å². The van der Waals surface area contributed by atoms with Crippen LogP contribution in [0.15, 0.2) is 45.9 Å². The third-order valence-corrected chi connectivity index (χ3v) is 4.36. The SMILES string of the molecule is O=C([O-])c1ccc(Cl)c(S(=O)(=O)NCc2ccco2)c1. The maximum atomic E-state index is 12.1. The molecule has 20 heavy (non-hydrogen) atoms. The van der Waals surface area contributed by atoms with Gasteiger partial charge in [0, 0.05) is 0 Å². The van der Waals surface area contributed by atoms with E-state index in [-0.39, 0.29) is 22.0 Å². The van der Waals surface area contributed by atoms with Gasteiger partial charge in [-0.1, -0.05) is 17.7 Å². The zero-order chi connectivity index (χ0) is 14.8. The first-order chi connectivity index (χ1) is 9.40. The number of rotatable bonds is 5. The van der Waals surface area contributed by atoms with E-state index in [1.807, 2.05) is 0 Å². The van der Waals surface area contributed by atoms with E-state index in [1.54, 1.807) is 12.1 Å². The van der Waals surface area contributed by atoms with Crippen LogP contribution in [0.1, 0.15) is 16.1 Å². The molecule has 1 aromatic heterocycles. The molecule has 106 valence electrons. The molecule has 0 bridgehead atoms. The molecule has 1 aromatic carbocycles. The number of carbonyl (C=O) groups excluding carboxylic acids is 1. The number of halogens is 1. The van der Waals surface area contributed by atoms with Crippen molar-refractivity contribution in [1.29, 1.82) is 0 Å². The van der Waals surface area contributed by atoms with E-state index in [0.29, 0.717) is 5.76 Å². The van der Waals surface area contributed by atoms with Crippen LogP contribution in [0.25, 0.3) is 0 Å². The second-order valence-corrected chi connectivity index (χ2v) is 5.98. The smallest absolute Gasteiger partial charge is 0.242 e. The molecule has 0 aliphatic heterocycles. The molecule has 0 aliphatic carbocycles. The number of carboxylic acid groups (broad SMARTS) is 1. The summed E-state index contributed by atoms with van der Waals surface area (Å²) < 4.78 is 31.4. The van der Waals surface area contributed by atoms with Crippen LogP contribution in [0.2, 0.25) is 5.02 Å². The predicted molar refractivity (Wildman–Crippen MR) is 68.5 cm³/mol. The molecular weight excluding hydrogens is 306 g/mol. The third-order valence-electron chi connectivity index (χ3n) is 2.47. The summed E-state index contributed by atoms with van der Waals surface area (Å²) in [6, 6.07) is 6.52. The van der Waals surface area contributed by atoms with Gasteiger partial charge in [0.05, 0.1) is 23.8 Å².